The number of nitrogens with zero attached hydrogens (tertiary/aromatic N) is 2. The summed E-state index contributed by atoms with van der Waals surface area (Å²) in [5.41, 5.74) is 2.51. The molecule has 1 saturated carbocycles. The molecule has 0 bridgehead atoms. The van der Waals surface area contributed by atoms with Gasteiger partial charge in [0.05, 0.1) is 12.1 Å². The van der Waals surface area contributed by atoms with E-state index in [1.807, 2.05) is 12.1 Å². The number of likely N-dealkylation sites (tertiary alicyclic amines) is 1. The molecule has 6 heteroatoms. The highest BCUT2D eigenvalue weighted by atomic mass is 35.5. The summed E-state index contributed by atoms with van der Waals surface area (Å²) in [5, 5.41) is 15.2. The van der Waals surface area contributed by atoms with Crippen LogP contribution in [0.5, 0.6) is 0 Å². The topological polar surface area (TPSA) is 55.8 Å². The Labute approximate surface area is 202 Å². The van der Waals surface area contributed by atoms with Crippen LogP contribution in [0.3, 0.4) is 0 Å². The lowest BCUT2D eigenvalue weighted by molar-refractivity contribution is -0.135. The van der Waals surface area contributed by atoms with Crippen LogP contribution in [-0.2, 0) is 4.79 Å². The molecule has 1 heterocycles. The van der Waals surface area contributed by atoms with E-state index in [2.05, 4.69) is 53.2 Å². The van der Waals surface area contributed by atoms with Gasteiger partial charge in [0.1, 0.15) is 0 Å². The standard InChI is InChI=1S/C27H36ClN3O2/c1-3-30(4-2)23-14-8-20(9-15-23)26-24-7-5-6-16-27(24,33)17-18-31(26)19-25(32)29-22-12-10-21(28)11-13-22/h8-15,24,26,33H,3-7,16-19H2,1-2H3,(H,29,32)/t24-,26+,27+/m0/s1. The number of carbonyl (C=O) groups excluding carboxylic acids is 1. The van der Waals surface area contributed by atoms with Gasteiger partial charge in [-0.2, -0.15) is 0 Å². The Kier molecular flexibility index (Phi) is 7.62. The quantitative estimate of drug-likeness (QED) is 0.562. The SMILES string of the molecule is CCN(CC)c1ccc([C@@H]2[C@@H]3CCCC[C@@]3(O)CCN2CC(=O)Nc2ccc(Cl)cc2)cc1. The van der Waals surface area contributed by atoms with E-state index in [4.69, 9.17) is 11.6 Å². The maximum atomic E-state index is 12.9. The largest absolute Gasteiger partial charge is 0.389 e. The molecule has 0 spiro atoms. The van der Waals surface area contributed by atoms with Gasteiger partial charge in [0.25, 0.3) is 0 Å². The second-order valence-corrected chi connectivity index (χ2v) is 9.88. The normalized spacial score (nSPS) is 25.3. The van der Waals surface area contributed by atoms with Crippen LogP contribution >= 0.6 is 11.6 Å². The monoisotopic (exact) mass is 469 g/mol. The summed E-state index contributed by atoms with van der Waals surface area (Å²) in [4.78, 5) is 17.5. The lowest BCUT2D eigenvalue weighted by atomic mass is 9.66. The molecule has 2 aromatic rings. The minimum Gasteiger partial charge on any atom is -0.389 e. The number of aliphatic hydroxyl groups is 1. The van der Waals surface area contributed by atoms with E-state index in [0.29, 0.717) is 18.1 Å². The molecule has 2 N–H and O–H groups in total. The second-order valence-electron chi connectivity index (χ2n) is 9.44. The molecule has 2 aromatic carbocycles. The summed E-state index contributed by atoms with van der Waals surface area (Å²) in [6.07, 6.45) is 4.79. The van der Waals surface area contributed by atoms with Crippen molar-refractivity contribution in [1.82, 2.24) is 4.90 Å². The van der Waals surface area contributed by atoms with E-state index >= 15 is 0 Å². The van der Waals surface area contributed by atoms with Crippen molar-refractivity contribution in [3.05, 3.63) is 59.1 Å². The number of piperidine rings is 1. The number of hydrogen-bond acceptors (Lipinski definition) is 4. The Morgan fingerprint density at radius 1 is 1.09 bits per heavy atom. The first-order valence-electron chi connectivity index (χ1n) is 12.3. The molecule has 0 unspecified atom stereocenters. The minimum absolute atomic E-state index is 0.0331. The molecule has 1 amide bonds. The number of nitrogens with one attached hydrogen (secondary N) is 1. The minimum atomic E-state index is -0.635. The van der Waals surface area contributed by atoms with Crippen molar-refractivity contribution in [2.24, 2.45) is 5.92 Å². The highest BCUT2D eigenvalue weighted by molar-refractivity contribution is 6.30. The number of amides is 1. The van der Waals surface area contributed by atoms with Gasteiger partial charge in [0, 0.05) is 48.0 Å². The second kappa shape index (κ2) is 10.5. The van der Waals surface area contributed by atoms with Gasteiger partial charge in [-0.3, -0.25) is 9.69 Å². The molecule has 4 rings (SSSR count). The fourth-order valence-corrected chi connectivity index (χ4v) is 5.88. The molecule has 2 fully saturated rings. The van der Waals surface area contributed by atoms with Crippen molar-refractivity contribution in [2.45, 2.75) is 57.6 Å². The lowest BCUT2D eigenvalue weighted by Crippen LogP contribution is -2.56. The predicted octanol–water partition coefficient (Wildman–Crippen LogP) is 5.49. The Hall–Kier alpha value is -2.08. The van der Waals surface area contributed by atoms with Crippen molar-refractivity contribution in [1.29, 1.82) is 0 Å². The summed E-state index contributed by atoms with van der Waals surface area (Å²) in [7, 11) is 0. The first-order valence-corrected chi connectivity index (χ1v) is 12.7. The summed E-state index contributed by atoms with van der Waals surface area (Å²) in [6, 6.07) is 16.0. The van der Waals surface area contributed by atoms with Crippen molar-refractivity contribution in [3.8, 4) is 0 Å². The van der Waals surface area contributed by atoms with E-state index in [1.54, 1.807) is 12.1 Å². The molecule has 5 nitrogen and oxygen atoms in total. The molecular weight excluding hydrogens is 434 g/mol. The molecule has 3 atom stereocenters. The molecule has 1 aliphatic heterocycles. The van der Waals surface area contributed by atoms with Crippen LogP contribution in [0, 0.1) is 5.92 Å². The van der Waals surface area contributed by atoms with Crippen LogP contribution in [-0.4, -0.2) is 47.7 Å². The number of fused-ring (bicyclic) bond motifs is 1. The first-order chi connectivity index (χ1) is 15.9. The predicted molar refractivity (Wildman–Crippen MR) is 136 cm³/mol. The molecule has 0 radical (unpaired) electrons. The lowest BCUT2D eigenvalue weighted by Gasteiger charge is -2.52. The maximum Gasteiger partial charge on any atom is 0.238 e. The van der Waals surface area contributed by atoms with Crippen molar-refractivity contribution < 1.29 is 9.90 Å². The third kappa shape index (κ3) is 5.37. The van der Waals surface area contributed by atoms with Gasteiger partial charge in [-0.1, -0.05) is 36.6 Å². The number of anilines is 2. The van der Waals surface area contributed by atoms with Crippen molar-refractivity contribution >= 4 is 28.9 Å². The zero-order valence-corrected chi connectivity index (χ0v) is 20.5. The highest BCUT2D eigenvalue weighted by Gasteiger charge is 2.49. The fourth-order valence-electron chi connectivity index (χ4n) is 5.75. The Morgan fingerprint density at radius 3 is 2.45 bits per heavy atom. The van der Waals surface area contributed by atoms with E-state index in [1.165, 1.54) is 11.3 Å². The Balaban J connectivity index is 1.57. The van der Waals surface area contributed by atoms with Gasteiger partial charge in [-0.25, -0.2) is 0 Å². The molecule has 1 saturated heterocycles. The third-order valence-corrected chi connectivity index (χ3v) is 7.76. The molecule has 2 aliphatic rings. The number of carbonyl (C=O) groups is 1. The summed E-state index contributed by atoms with van der Waals surface area (Å²) in [6.45, 7) is 7.29. The number of benzene rings is 2. The van der Waals surface area contributed by atoms with Crippen LogP contribution in [0.1, 0.15) is 57.6 Å². The first kappa shape index (κ1) is 24.1. The zero-order chi connectivity index (χ0) is 23.4. The third-order valence-electron chi connectivity index (χ3n) is 7.51. The number of hydrogen-bond donors (Lipinski definition) is 2. The average Bonchev–Trinajstić information content (AvgIpc) is 2.82. The van der Waals surface area contributed by atoms with Gasteiger partial charge in [-0.05, 0) is 75.1 Å². The van der Waals surface area contributed by atoms with Gasteiger partial charge in [-0.15, -0.1) is 0 Å². The molecule has 0 aromatic heterocycles. The van der Waals surface area contributed by atoms with E-state index in [0.717, 1.165) is 50.9 Å². The average molecular weight is 470 g/mol. The molecular formula is C27H36ClN3O2. The smallest absolute Gasteiger partial charge is 0.238 e. The highest BCUT2D eigenvalue weighted by Crippen LogP contribution is 2.49. The maximum absolute atomic E-state index is 12.9. The summed E-state index contributed by atoms with van der Waals surface area (Å²) in [5.74, 6) is 0.103. The van der Waals surface area contributed by atoms with Crippen LogP contribution < -0.4 is 10.2 Å². The van der Waals surface area contributed by atoms with Crippen molar-refractivity contribution in [3.63, 3.8) is 0 Å². The fraction of sp³-hybridized carbons (Fsp3) is 0.519. The zero-order valence-electron chi connectivity index (χ0n) is 19.8. The summed E-state index contributed by atoms with van der Waals surface area (Å²) < 4.78 is 0. The van der Waals surface area contributed by atoms with E-state index in [9.17, 15) is 9.90 Å². The van der Waals surface area contributed by atoms with Crippen molar-refractivity contribution in [2.75, 3.05) is 36.4 Å². The Bertz CT molecular complexity index is 929. The molecule has 1 aliphatic carbocycles. The number of halogens is 1. The van der Waals surface area contributed by atoms with Crippen LogP contribution in [0.25, 0.3) is 0 Å². The van der Waals surface area contributed by atoms with Gasteiger partial charge in [0.15, 0.2) is 0 Å². The molecule has 33 heavy (non-hydrogen) atoms. The van der Waals surface area contributed by atoms with Crippen LogP contribution in [0.4, 0.5) is 11.4 Å². The van der Waals surface area contributed by atoms with Gasteiger partial charge >= 0.3 is 0 Å². The number of rotatable bonds is 7. The molecule has 178 valence electrons. The van der Waals surface area contributed by atoms with E-state index in [-0.39, 0.29) is 17.9 Å². The van der Waals surface area contributed by atoms with Crippen LogP contribution in [0.15, 0.2) is 48.5 Å². The van der Waals surface area contributed by atoms with E-state index < -0.39 is 5.60 Å². The van der Waals surface area contributed by atoms with Gasteiger partial charge in [0.2, 0.25) is 5.91 Å². The Morgan fingerprint density at radius 2 is 1.79 bits per heavy atom. The van der Waals surface area contributed by atoms with Crippen LogP contribution in [0.2, 0.25) is 5.02 Å². The summed E-state index contributed by atoms with van der Waals surface area (Å²) >= 11 is 5.97. The van der Waals surface area contributed by atoms with Gasteiger partial charge < -0.3 is 15.3 Å².